The first-order valence-corrected chi connectivity index (χ1v) is 7.18. The Morgan fingerprint density at radius 3 is 2.94 bits per heavy atom. The summed E-state index contributed by atoms with van der Waals surface area (Å²) in [5.41, 5.74) is 0.748. The number of alkyl halides is 1. The van der Waals surface area contributed by atoms with Gasteiger partial charge in [-0.3, -0.25) is 4.90 Å². The zero-order chi connectivity index (χ0) is 12.4. The Labute approximate surface area is 115 Å². The Hall–Kier alpha value is -0.120. The van der Waals surface area contributed by atoms with Gasteiger partial charge in [0.1, 0.15) is 5.82 Å². The highest BCUT2D eigenvalue weighted by atomic mass is 79.9. The fourth-order valence-corrected chi connectivity index (χ4v) is 3.23. The van der Waals surface area contributed by atoms with Gasteiger partial charge in [0.05, 0.1) is 0 Å². The van der Waals surface area contributed by atoms with E-state index >= 15 is 0 Å². The second-order valence-electron chi connectivity index (χ2n) is 4.69. The van der Waals surface area contributed by atoms with Crippen molar-refractivity contribution in [1.29, 1.82) is 0 Å². The molecule has 1 aliphatic rings. The number of nitrogens with zero attached hydrogens (tertiary/aromatic N) is 1. The fourth-order valence-electron chi connectivity index (χ4n) is 2.40. The maximum absolute atomic E-state index is 13.7. The summed E-state index contributed by atoms with van der Waals surface area (Å²) in [5.74, 6) is 1.08. The molecule has 2 unspecified atom stereocenters. The van der Waals surface area contributed by atoms with Crippen molar-refractivity contribution in [2.45, 2.75) is 25.9 Å². The van der Waals surface area contributed by atoms with Crippen molar-refractivity contribution < 1.29 is 4.39 Å². The predicted octanol–water partition coefficient (Wildman–Crippen LogP) is 4.04. The Balaban J connectivity index is 2.10. The zero-order valence-corrected chi connectivity index (χ0v) is 12.1. The minimum absolute atomic E-state index is 0.146. The number of rotatable bonds is 3. The smallest absolute Gasteiger partial charge is 0.128 e. The van der Waals surface area contributed by atoms with Crippen LogP contribution in [0.4, 0.5) is 4.39 Å². The standard InChI is InChI=1S/C13H16BrClFN/c1-9-4-5-17(13(9)7-15)8-10-2-3-11(14)6-12(10)16/h2-3,6,9,13H,4-5,7-8H2,1H3. The lowest BCUT2D eigenvalue weighted by Gasteiger charge is -2.25. The van der Waals surface area contributed by atoms with Gasteiger partial charge in [-0.05, 0) is 31.0 Å². The Kier molecular flexibility index (Phi) is 4.45. The molecule has 0 aliphatic carbocycles. The van der Waals surface area contributed by atoms with Crippen LogP contribution in [0.5, 0.6) is 0 Å². The van der Waals surface area contributed by atoms with Crippen LogP contribution in [0.15, 0.2) is 22.7 Å². The van der Waals surface area contributed by atoms with E-state index in [1.54, 1.807) is 0 Å². The third-order valence-corrected chi connectivity index (χ3v) is 4.35. The SMILES string of the molecule is CC1CCN(Cc2ccc(Br)cc2F)C1CCl. The van der Waals surface area contributed by atoms with Crippen LogP contribution in [0.1, 0.15) is 18.9 Å². The molecule has 0 aromatic heterocycles. The number of benzene rings is 1. The summed E-state index contributed by atoms with van der Waals surface area (Å²) in [7, 11) is 0. The molecule has 4 heteroatoms. The van der Waals surface area contributed by atoms with E-state index in [1.165, 1.54) is 6.07 Å². The summed E-state index contributed by atoms with van der Waals surface area (Å²) < 4.78 is 14.5. The van der Waals surface area contributed by atoms with E-state index in [0.717, 1.165) is 23.0 Å². The van der Waals surface area contributed by atoms with Gasteiger partial charge in [0.2, 0.25) is 0 Å². The van der Waals surface area contributed by atoms with Crippen molar-refractivity contribution in [3.63, 3.8) is 0 Å². The summed E-state index contributed by atoms with van der Waals surface area (Å²) in [6, 6.07) is 5.62. The summed E-state index contributed by atoms with van der Waals surface area (Å²) in [5, 5.41) is 0. The van der Waals surface area contributed by atoms with Crippen LogP contribution < -0.4 is 0 Å². The summed E-state index contributed by atoms with van der Waals surface area (Å²) >= 11 is 9.26. The molecular formula is C13H16BrClFN. The van der Waals surface area contributed by atoms with Gasteiger partial charge >= 0.3 is 0 Å². The average Bonchev–Trinajstić information content (AvgIpc) is 2.63. The average molecular weight is 321 g/mol. The first-order chi connectivity index (χ1) is 8.11. The van der Waals surface area contributed by atoms with E-state index in [4.69, 9.17) is 11.6 Å². The highest BCUT2D eigenvalue weighted by molar-refractivity contribution is 9.10. The molecule has 0 bridgehead atoms. The molecule has 0 radical (unpaired) electrons. The number of hydrogen-bond donors (Lipinski definition) is 0. The lowest BCUT2D eigenvalue weighted by molar-refractivity contribution is 0.239. The van der Waals surface area contributed by atoms with E-state index in [2.05, 4.69) is 27.8 Å². The summed E-state index contributed by atoms with van der Waals surface area (Å²) in [6.45, 7) is 3.87. The molecule has 17 heavy (non-hydrogen) atoms. The lowest BCUT2D eigenvalue weighted by atomic mass is 10.0. The van der Waals surface area contributed by atoms with Crippen LogP contribution in [-0.2, 0) is 6.54 Å². The van der Waals surface area contributed by atoms with Gasteiger partial charge in [-0.2, -0.15) is 0 Å². The maximum atomic E-state index is 13.7. The maximum Gasteiger partial charge on any atom is 0.128 e. The zero-order valence-electron chi connectivity index (χ0n) is 9.80. The third kappa shape index (κ3) is 3.01. The van der Waals surface area contributed by atoms with Gasteiger partial charge in [-0.1, -0.05) is 28.9 Å². The van der Waals surface area contributed by atoms with E-state index in [1.807, 2.05) is 12.1 Å². The molecule has 1 aromatic carbocycles. The fraction of sp³-hybridized carbons (Fsp3) is 0.538. The molecule has 0 spiro atoms. The van der Waals surface area contributed by atoms with Crippen molar-refractivity contribution in [3.8, 4) is 0 Å². The van der Waals surface area contributed by atoms with Crippen LogP contribution >= 0.6 is 27.5 Å². The first-order valence-electron chi connectivity index (χ1n) is 5.85. The van der Waals surface area contributed by atoms with Crippen LogP contribution in [0.25, 0.3) is 0 Å². The summed E-state index contributed by atoms with van der Waals surface area (Å²) in [4.78, 5) is 2.28. The van der Waals surface area contributed by atoms with Gasteiger partial charge < -0.3 is 0 Å². The van der Waals surface area contributed by atoms with Crippen molar-refractivity contribution in [2.75, 3.05) is 12.4 Å². The molecule has 1 nitrogen and oxygen atoms in total. The van der Waals surface area contributed by atoms with Crippen LogP contribution in [0.2, 0.25) is 0 Å². The quantitative estimate of drug-likeness (QED) is 0.760. The van der Waals surface area contributed by atoms with Crippen molar-refractivity contribution in [1.82, 2.24) is 4.90 Å². The molecular weight excluding hydrogens is 305 g/mol. The molecule has 2 atom stereocenters. The second-order valence-corrected chi connectivity index (χ2v) is 5.92. The summed E-state index contributed by atoms with van der Waals surface area (Å²) in [6.07, 6.45) is 1.15. The molecule has 0 N–H and O–H groups in total. The largest absolute Gasteiger partial charge is 0.295 e. The van der Waals surface area contributed by atoms with E-state index in [0.29, 0.717) is 24.4 Å². The van der Waals surface area contributed by atoms with Crippen molar-refractivity contribution in [3.05, 3.63) is 34.1 Å². The van der Waals surface area contributed by atoms with Gasteiger partial charge in [0, 0.05) is 28.5 Å². The molecule has 94 valence electrons. The number of halogens is 3. The van der Waals surface area contributed by atoms with Gasteiger partial charge in [0.25, 0.3) is 0 Å². The van der Waals surface area contributed by atoms with Crippen molar-refractivity contribution >= 4 is 27.5 Å². The first kappa shape index (κ1) is 13.3. The third-order valence-electron chi connectivity index (χ3n) is 3.54. The molecule has 0 amide bonds. The van der Waals surface area contributed by atoms with Gasteiger partial charge in [0.15, 0.2) is 0 Å². The number of likely N-dealkylation sites (tertiary alicyclic amines) is 1. The molecule has 1 saturated heterocycles. The molecule has 0 saturated carbocycles. The second kappa shape index (κ2) is 5.68. The molecule has 1 aliphatic heterocycles. The van der Waals surface area contributed by atoms with Crippen molar-refractivity contribution in [2.24, 2.45) is 5.92 Å². The lowest BCUT2D eigenvalue weighted by Crippen LogP contribution is -2.33. The van der Waals surface area contributed by atoms with Crippen LogP contribution in [-0.4, -0.2) is 23.4 Å². The molecule has 1 fully saturated rings. The minimum Gasteiger partial charge on any atom is -0.295 e. The van der Waals surface area contributed by atoms with Crippen LogP contribution in [0.3, 0.4) is 0 Å². The molecule has 1 aromatic rings. The molecule has 2 rings (SSSR count). The van der Waals surface area contributed by atoms with E-state index in [9.17, 15) is 4.39 Å². The normalized spacial score (nSPS) is 25.4. The predicted molar refractivity (Wildman–Crippen MR) is 72.8 cm³/mol. The Morgan fingerprint density at radius 2 is 2.29 bits per heavy atom. The highest BCUT2D eigenvalue weighted by Gasteiger charge is 2.30. The minimum atomic E-state index is -0.146. The topological polar surface area (TPSA) is 3.24 Å². The molecule has 1 heterocycles. The van der Waals surface area contributed by atoms with E-state index in [-0.39, 0.29) is 5.82 Å². The van der Waals surface area contributed by atoms with Gasteiger partial charge in [-0.15, -0.1) is 11.6 Å². The van der Waals surface area contributed by atoms with Gasteiger partial charge in [-0.25, -0.2) is 4.39 Å². The Bertz CT molecular complexity index is 399. The number of hydrogen-bond acceptors (Lipinski definition) is 1. The highest BCUT2D eigenvalue weighted by Crippen LogP contribution is 2.27. The monoisotopic (exact) mass is 319 g/mol. The van der Waals surface area contributed by atoms with E-state index < -0.39 is 0 Å². The van der Waals surface area contributed by atoms with Crippen LogP contribution in [0, 0.1) is 11.7 Å². The Morgan fingerprint density at radius 1 is 1.53 bits per heavy atom.